The maximum absolute atomic E-state index is 15.6. The van der Waals surface area contributed by atoms with Gasteiger partial charge in [0.2, 0.25) is 0 Å². The van der Waals surface area contributed by atoms with Gasteiger partial charge in [0.25, 0.3) is 12.3 Å². The first-order valence-electron chi connectivity index (χ1n) is 20.8. The molecule has 0 unspecified atom stereocenters. The van der Waals surface area contributed by atoms with Crippen molar-refractivity contribution in [1.82, 2.24) is 24.5 Å². The van der Waals surface area contributed by atoms with Gasteiger partial charge < -0.3 is 0 Å². The summed E-state index contributed by atoms with van der Waals surface area (Å²) >= 11 is 6.79. The predicted molar refractivity (Wildman–Crippen MR) is 226 cm³/mol. The summed E-state index contributed by atoms with van der Waals surface area (Å²) in [5.74, 6) is -3.86. The molecule has 3 fully saturated rings. The summed E-state index contributed by atoms with van der Waals surface area (Å²) in [6, 6.07) is 9.10. The molecule has 3 saturated carbocycles. The fraction of sp³-hybridized carbons (Fsp3) is 0.467. The van der Waals surface area contributed by atoms with Crippen LogP contribution in [-0.2, 0) is 56.2 Å². The zero-order valence-electron chi connectivity index (χ0n) is 35.0. The van der Waals surface area contributed by atoms with Crippen LogP contribution in [0.4, 0.5) is 26.3 Å². The molecule has 0 aliphatic heterocycles. The number of halogens is 7. The Bertz CT molecular complexity index is 3070. The molecule has 4 aliphatic carbocycles. The minimum atomic E-state index is -3.67. The molecule has 0 N–H and O–H groups in total. The van der Waals surface area contributed by atoms with Crippen molar-refractivity contribution in [3.8, 4) is 23.0 Å². The molecular formula is C45H42ClF6N5O5S2. The number of carbonyl (C=O) groups is 1. The Morgan fingerprint density at radius 1 is 0.984 bits per heavy atom. The zero-order chi connectivity index (χ0) is 46.1. The van der Waals surface area contributed by atoms with Gasteiger partial charge in [0.05, 0.1) is 37.7 Å². The second kappa shape index (κ2) is 15.2. The Labute approximate surface area is 370 Å². The highest BCUT2D eigenvalue weighted by Gasteiger charge is 2.67. The lowest BCUT2D eigenvalue weighted by Crippen LogP contribution is -2.33. The normalized spacial score (nSPS) is 20.2. The van der Waals surface area contributed by atoms with Crippen LogP contribution in [-0.4, -0.2) is 61.9 Å². The van der Waals surface area contributed by atoms with Crippen molar-refractivity contribution in [3.05, 3.63) is 98.7 Å². The highest BCUT2D eigenvalue weighted by molar-refractivity contribution is 7.94. The molecule has 0 bridgehead atoms. The molecule has 10 nitrogen and oxygen atoms in total. The molecular weight excluding hydrogens is 904 g/mol. The number of aromatic nitrogens is 5. The number of fused-ring (bicyclic) bond motifs is 4. The molecule has 3 aromatic heterocycles. The lowest BCUT2D eigenvalue weighted by Gasteiger charge is -2.22. The van der Waals surface area contributed by atoms with E-state index in [1.165, 1.54) is 24.6 Å². The van der Waals surface area contributed by atoms with Crippen LogP contribution in [0.25, 0.3) is 22.0 Å². The van der Waals surface area contributed by atoms with Gasteiger partial charge in [-0.15, -0.1) is 0 Å². The van der Waals surface area contributed by atoms with Crippen LogP contribution in [0, 0.1) is 29.4 Å². The van der Waals surface area contributed by atoms with E-state index in [0.717, 1.165) is 12.1 Å². The number of nitrogens with zero attached hydrogens (tertiary/aromatic N) is 5. The number of hydrogen-bond donors (Lipinski definition) is 0. The summed E-state index contributed by atoms with van der Waals surface area (Å²) < 4.78 is 142. The van der Waals surface area contributed by atoms with Gasteiger partial charge in [-0.2, -0.15) is 19.0 Å². The summed E-state index contributed by atoms with van der Waals surface area (Å²) in [7, 11) is -5.73. The monoisotopic (exact) mass is 945 g/mol. The van der Waals surface area contributed by atoms with E-state index in [9.17, 15) is 39.2 Å². The van der Waals surface area contributed by atoms with E-state index in [1.54, 1.807) is 32.2 Å². The standard InChI is InChI=1S/C45H42ClF6N5O5S2/c1-43(2,64(61,62)29-6-7-29)12-11-27-5-8-30(31-9-10-34(46)37-35(54-56(4)40(31)37)22-63(59,60)44(3)13-14-44)38(53-27)24(15-23-16-25(47)19-26(48)17-23)18-28(58)21-57-41-36(39(55-57)42(49)50)32-20-33(32)45(41,51)52/h5,8-10,16-17,19,24,29,32-33,42H,6-7,13-15,18,20-22H2,1-4H3/t24-,32+,33-/m1/s1. The summed E-state index contributed by atoms with van der Waals surface area (Å²) in [5.41, 5.74) is -0.206. The second-order valence-corrected chi connectivity index (χ2v) is 24.0. The van der Waals surface area contributed by atoms with Gasteiger partial charge in [-0.1, -0.05) is 23.6 Å². The number of aryl methyl sites for hydroxylation is 1. The average Bonchev–Trinajstić information content (AvgIpc) is 4.13. The summed E-state index contributed by atoms with van der Waals surface area (Å²) in [6.07, 6.45) is -1.90. The van der Waals surface area contributed by atoms with Crippen molar-refractivity contribution >= 4 is 48.0 Å². The highest BCUT2D eigenvalue weighted by atomic mass is 35.5. The Balaban J connectivity index is 1.19. The molecule has 3 heterocycles. The summed E-state index contributed by atoms with van der Waals surface area (Å²) in [6.45, 7) is 3.80. The first-order valence-corrected chi connectivity index (χ1v) is 24.4. The average molecular weight is 946 g/mol. The van der Waals surface area contributed by atoms with Gasteiger partial charge >= 0.3 is 0 Å². The number of sulfone groups is 2. The third kappa shape index (κ3) is 7.62. The molecule has 3 atom stereocenters. The van der Waals surface area contributed by atoms with E-state index >= 15 is 8.78 Å². The van der Waals surface area contributed by atoms with Gasteiger partial charge in [-0.25, -0.2) is 39.4 Å². The van der Waals surface area contributed by atoms with Crippen LogP contribution in [0.2, 0.25) is 5.02 Å². The van der Waals surface area contributed by atoms with Crippen molar-refractivity contribution in [2.75, 3.05) is 0 Å². The summed E-state index contributed by atoms with van der Waals surface area (Å²) in [4.78, 5) is 19.1. The van der Waals surface area contributed by atoms with Crippen molar-refractivity contribution in [2.24, 2.45) is 13.0 Å². The molecule has 338 valence electrons. The SMILES string of the molecule is Cn1nc(CS(=O)(=O)C2(C)CC2)c2c(Cl)ccc(-c3ccc(C#CC(C)(C)S(=O)(=O)C4CC4)nc3[C@@H](CC(=O)Cn3nc(C(F)F)c4c3C(F)(F)[C@@H]3C[C@H]43)Cc3cc(F)cc(F)c3)c21. The number of hydrogen-bond acceptors (Lipinski definition) is 8. The zero-order valence-corrected chi connectivity index (χ0v) is 37.4. The number of ketones is 1. The molecule has 64 heavy (non-hydrogen) atoms. The Morgan fingerprint density at radius 3 is 2.30 bits per heavy atom. The first kappa shape index (κ1) is 44.5. The van der Waals surface area contributed by atoms with E-state index in [1.807, 2.05) is 0 Å². The fourth-order valence-corrected chi connectivity index (χ4v) is 12.8. The molecule has 5 aromatic rings. The van der Waals surface area contributed by atoms with Gasteiger partial charge in [-0.3, -0.25) is 14.2 Å². The smallest absolute Gasteiger partial charge is 0.293 e. The van der Waals surface area contributed by atoms with Gasteiger partial charge in [0.1, 0.15) is 40.0 Å². The van der Waals surface area contributed by atoms with Gasteiger partial charge in [-0.05, 0) is 107 Å². The predicted octanol–water partition coefficient (Wildman–Crippen LogP) is 9.07. The number of alkyl halides is 4. The van der Waals surface area contributed by atoms with Crippen LogP contribution < -0.4 is 0 Å². The fourth-order valence-electron chi connectivity index (χ4n) is 9.14. The van der Waals surface area contributed by atoms with Crippen LogP contribution >= 0.6 is 11.6 Å². The van der Waals surface area contributed by atoms with E-state index in [0.29, 0.717) is 58.5 Å². The molecule has 0 amide bonds. The van der Waals surface area contributed by atoms with E-state index in [4.69, 9.17) is 16.6 Å². The van der Waals surface area contributed by atoms with E-state index in [-0.39, 0.29) is 46.1 Å². The number of rotatable bonds is 14. The molecule has 4 aliphatic rings. The third-order valence-electron chi connectivity index (χ3n) is 13.2. The second-order valence-electron chi connectivity index (χ2n) is 18.3. The molecule has 0 radical (unpaired) electrons. The van der Waals surface area contributed by atoms with Gasteiger partial charge in [0, 0.05) is 53.4 Å². The number of pyridine rings is 1. The molecule has 0 saturated heterocycles. The maximum Gasteiger partial charge on any atom is 0.293 e. The molecule has 0 spiro atoms. The molecule has 2 aromatic carbocycles. The quantitative estimate of drug-likeness (QED) is 0.0796. The van der Waals surface area contributed by atoms with Crippen LogP contribution in [0.15, 0.2) is 42.5 Å². The van der Waals surface area contributed by atoms with E-state index < -0.39 is 112 Å². The Morgan fingerprint density at radius 2 is 1.66 bits per heavy atom. The van der Waals surface area contributed by atoms with Crippen LogP contribution in [0.3, 0.4) is 0 Å². The number of Topliss-reactive ketones (excluding diaryl/α,β-unsaturated/α-hetero) is 1. The van der Waals surface area contributed by atoms with E-state index in [2.05, 4.69) is 22.0 Å². The summed E-state index contributed by atoms with van der Waals surface area (Å²) in [5, 5.41) is 8.40. The number of carbonyl (C=O) groups excluding carboxylic acids is 1. The van der Waals surface area contributed by atoms with Crippen molar-refractivity contribution < 1.29 is 48.0 Å². The van der Waals surface area contributed by atoms with Crippen LogP contribution in [0.1, 0.15) is 117 Å². The lowest BCUT2D eigenvalue weighted by molar-refractivity contribution is -0.120. The Kier molecular flexibility index (Phi) is 10.5. The van der Waals surface area contributed by atoms with Crippen LogP contribution in [0.5, 0.6) is 0 Å². The largest absolute Gasteiger partial charge is 0.298 e. The van der Waals surface area contributed by atoms with Gasteiger partial charge in [0.15, 0.2) is 25.5 Å². The minimum Gasteiger partial charge on any atom is -0.298 e. The lowest BCUT2D eigenvalue weighted by atomic mass is 9.86. The Hall–Kier alpha value is -4.73. The first-order chi connectivity index (χ1) is 29.9. The number of benzene rings is 2. The minimum absolute atomic E-state index is 0.0221. The molecule has 19 heteroatoms. The topological polar surface area (TPSA) is 134 Å². The van der Waals surface area contributed by atoms with Crippen molar-refractivity contribution in [3.63, 3.8) is 0 Å². The third-order valence-corrected chi connectivity index (χ3v) is 18.9. The molecule has 9 rings (SSSR count). The van der Waals surface area contributed by atoms with Crippen molar-refractivity contribution in [2.45, 2.75) is 117 Å². The van der Waals surface area contributed by atoms with Crippen molar-refractivity contribution in [1.29, 1.82) is 0 Å². The maximum atomic E-state index is 15.6. The highest BCUT2D eigenvalue weighted by Crippen LogP contribution is 2.68.